The zero-order valence-electron chi connectivity index (χ0n) is 7.34. The number of carbonyl (C=O) groups is 1. The lowest BCUT2D eigenvalue weighted by Gasteiger charge is -2.11. The van der Waals surface area contributed by atoms with Gasteiger partial charge in [0, 0.05) is 5.57 Å². The number of carbonyl (C=O) groups excluding carboxylic acids is 1. The fraction of sp³-hybridized carbons (Fsp3) is 0.625. The molecule has 11 heavy (non-hydrogen) atoms. The highest BCUT2D eigenvalue weighted by molar-refractivity contribution is 5.93. The van der Waals surface area contributed by atoms with Gasteiger partial charge in [-0.25, -0.2) is 0 Å². The summed E-state index contributed by atoms with van der Waals surface area (Å²) in [6.45, 7) is 4.63. The van der Waals surface area contributed by atoms with Crippen molar-refractivity contribution < 1.29 is 14.6 Å². The highest BCUT2D eigenvalue weighted by atomic mass is 16.5. The van der Waals surface area contributed by atoms with Gasteiger partial charge in [0.2, 0.25) is 0 Å². The highest BCUT2D eigenvalue weighted by Crippen LogP contribution is 2.10. The molecule has 0 aromatic carbocycles. The predicted molar refractivity (Wildman–Crippen MR) is 42.1 cm³/mol. The van der Waals surface area contributed by atoms with Crippen LogP contribution < -0.4 is 0 Å². The molecule has 64 valence electrons. The normalized spacial score (nSPS) is 15.4. The number of methoxy groups -OCH3 is 1. The lowest BCUT2D eigenvalue weighted by Crippen LogP contribution is -2.11. The zero-order valence-corrected chi connectivity index (χ0v) is 7.34. The van der Waals surface area contributed by atoms with Crippen LogP contribution in [0.4, 0.5) is 0 Å². The zero-order chi connectivity index (χ0) is 9.02. The Morgan fingerprint density at radius 3 is 2.00 bits per heavy atom. The third-order valence-electron chi connectivity index (χ3n) is 1.50. The number of ketones is 1. The summed E-state index contributed by atoms with van der Waals surface area (Å²) in [6.07, 6.45) is -0.719. The summed E-state index contributed by atoms with van der Waals surface area (Å²) < 4.78 is 4.84. The Hall–Kier alpha value is -0.830. The largest absolute Gasteiger partial charge is 0.498 e. The summed E-state index contributed by atoms with van der Waals surface area (Å²) >= 11 is 0. The van der Waals surface area contributed by atoms with Crippen LogP contribution in [0, 0.1) is 0 Å². The van der Waals surface area contributed by atoms with E-state index >= 15 is 0 Å². The Kier molecular flexibility index (Phi) is 3.82. The van der Waals surface area contributed by atoms with Crippen molar-refractivity contribution in [3.63, 3.8) is 0 Å². The molecule has 0 aliphatic heterocycles. The van der Waals surface area contributed by atoms with Crippen molar-refractivity contribution in [2.75, 3.05) is 7.11 Å². The summed E-state index contributed by atoms with van der Waals surface area (Å²) in [4.78, 5) is 10.8. The molecule has 0 saturated heterocycles. The molecule has 0 rings (SSSR count). The number of aliphatic hydroxyl groups is 1. The lowest BCUT2D eigenvalue weighted by molar-refractivity contribution is -0.113. The van der Waals surface area contributed by atoms with Gasteiger partial charge < -0.3 is 9.84 Å². The maximum atomic E-state index is 10.8. The summed E-state index contributed by atoms with van der Waals surface area (Å²) in [5.41, 5.74) is 0.475. The van der Waals surface area contributed by atoms with Gasteiger partial charge in [0.15, 0.2) is 5.78 Å². The molecule has 0 saturated carbocycles. The second-order valence-electron chi connectivity index (χ2n) is 2.43. The Labute approximate surface area is 66.7 Å². The molecule has 0 bridgehead atoms. The van der Waals surface area contributed by atoms with Crippen molar-refractivity contribution in [2.45, 2.75) is 26.9 Å². The lowest BCUT2D eigenvalue weighted by atomic mass is 10.1. The van der Waals surface area contributed by atoms with Crippen molar-refractivity contribution in [1.29, 1.82) is 0 Å². The minimum atomic E-state index is -0.719. The molecule has 1 atom stereocenters. The first-order valence-corrected chi connectivity index (χ1v) is 3.44. The minimum Gasteiger partial charge on any atom is -0.498 e. The monoisotopic (exact) mass is 158 g/mol. The Bertz CT molecular complexity index is 180. The van der Waals surface area contributed by atoms with Crippen LogP contribution in [0.15, 0.2) is 11.3 Å². The number of Topliss-reactive ketones (excluding diaryl/α,β-unsaturated/α-hetero) is 1. The number of ether oxygens (including phenoxy) is 1. The standard InChI is InChI=1S/C8H14O3/c1-5(6(2)9)8(11-4)7(3)10/h7,10H,1-4H3/b8-5+. The van der Waals surface area contributed by atoms with E-state index in [1.807, 2.05) is 0 Å². The van der Waals surface area contributed by atoms with Crippen molar-refractivity contribution in [1.82, 2.24) is 0 Å². The average Bonchev–Trinajstić information content (AvgIpc) is 1.88. The fourth-order valence-electron chi connectivity index (χ4n) is 0.810. The first kappa shape index (κ1) is 10.2. The van der Waals surface area contributed by atoms with Crippen LogP contribution >= 0.6 is 0 Å². The predicted octanol–water partition coefficient (Wildman–Crippen LogP) is 0.877. The molecule has 0 aromatic heterocycles. The molecule has 3 nitrogen and oxygen atoms in total. The topological polar surface area (TPSA) is 46.5 Å². The van der Waals surface area contributed by atoms with E-state index in [1.54, 1.807) is 13.8 Å². The molecule has 0 aliphatic carbocycles. The van der Waals surface area contributed by atoms with Crippen LogP contribution in [-0.2, 0) is 9.53 Å². The molecule has 1 unspecified atom stereocenters. The summed E-state index contributed by atoms with van der Waals surface area (Å²) in [6, 6.07) is 0. The second kappa shape index (κ2) is 4.13. The smallest absolute Gasteiger partial charge is 0.158 e. The molecule has 3 heteroatoms. The summed E-state index contributed by atoms with van der Waals surface area (Å²) in [5.74, 6) is 0.264. The van der Waals surface area contributed by atoms with E-state index in [-0.39, 0.29) is 5.78 Å². The number of aliphatic hydroxyl groups excluding tert-OH is 1. The average molecular weight is 158 g/mol. The third kappa shape index (κ3) is 2.72. The van der Waals surface area contributed by atoms with Crippen LogP contribution in [0.5, 0.6) is 0 Å². The van der Waals surface area contributed by atoms with Crippen LogP contribution in [0.1, 0.15) is 20.8 Å². The summed E-state index contributed by atoms with van der Waals surface area (Å²) in [5, 5.41) is 9.10. The van der Waals surface area contributed by atoms with Gasteiger partial charge in [0.1, 0.15) is 11.9 Å². The number of hydrogen-bond acceptors (Lipinski definition) is 3. The molecule has 0 fully saturated rings. The Balaban J connectivity index is 4.68. The number of hydrogen-bond donors (Lipinski definition) is 1. The van der Waals surface area contributed by atoms with E-state index in [0.717, 1.165) is 0 Å². The van der Waals surface area contributed by atoms with Gasteiger partial charge in [-0.05, 0) is 20.8 Å². The van der Waals surface area contributed by atoms with Crippen molar-refractivity contribution in [3.05, 3.63) is 11.3 Å². The molecule has 0 spiro atoms. The van der Waals surface area contributed by atoms with Crippen molar-refractivity contribution in [2.24, 2.45) is 0 Å². The molecule has 1 N–H and O–H groups in total. The first-order chi connectivity index (χ1) is 5.00. The fourth-order valence-corrected chi connectivity index (χ4v) is 0.810. The van der Waals surface area contributed by atoms with Gasteiger partial charge in [-0.3, -0.25) is 4.79 Å². The van der Waals surface area contributed by atoms with Crippen molar-refractivity contribution in [3.8, 4) is 0 Å². The maximum absolute atomic E-state index is 10.8. The van der Waals surface area contributed by atoms with Gasteiger partial charge in [0.05, 0.1) is 7.11 Å². The molecule has 0 aliphatic rings. The van der Waals surface area contributed by atoms with Crippen LogP contribution in [0.2, 0.25) is 0 Å². The number of rotatable bonds is 3. The minimum absolute atomic E-state index is 0.0808. The maximum Gasteiger partial charge on any atom is 0.158 e. The van der Waals surface area contributed by atoms with E-state index in [2.05, 4.69) is 0 Å². The Morgan fingerprint density at radius 1 is 1.45 bits per heavy atom. The van der Waals surface area contributed by atoms with Gasteiger partial charge in [-0.2, -0.15) is 0 Å². The molecular weight excluding hydrogens is 144 g/mol. The van der Waals surface area contributed by atoms with Gasteiger partial charge in [0.25, 0.3) is 0 Å². The second-order valence-corrected chi connectivity index (χ2v) is 2.43. The molecule has 0 aromatic rings. The molecule has 0 amide bonds. The molecular formula is C8H14O3. The third-order valence-corrected chi connectivity index (χ3v) is 1.50. The van der Waals surface area contributed by atoms with Crippen LogP contribution in [-0.4, -0.2) is 24.1 Å². The summed E-state index contributed by atoms with van der Waals surface area (Å²) in [7, 11) is 1.44. The highest BCUT2D eigenvalue weighted by Gasteiger charge is 2.11. The van der Waals surface area contributed by atoms with Gasteiger partial charge in [-0.1, -0.05) is 0 Å². The van der Waals surface area contributed by atoms with Gasteiger partial charge in [-0.15, -0.1) is 0 Å². The van der Waals surface area contributed by atoms with E-state index in [1.165, 1.54) is 14.0 Å². The van der Waals surface area contributed by atoms with E-state index in [4.69, 9.17) is 9.84 Å². The molecule has 0 radical (unpaired) electrons. The van der Waals surface area contributed by atoms with E-state index in [9.17, 15) is 4.79 Å². The van der Waals surface area contributed by atoms with E-state index < -0.39 is 6.10 Å². The Morgan fingerprint density at radius 2 is 1.91 bits per heavy atom. The molecule has 0 heterocycles. The van der Waals surface area contributed by atoms with Crippen LogP contribution in [0.3, 0.4) is 0 Å². The quantitative estimate of drug-likeness (QED) is 0.490. The SMILES string of the molecule is CO/C(=C(\C)C(C)=O)C(C)O. The first-order valence-electron chi connectivity index (χ1n) is 3.44. The van der Waals surface area contributed by atoms with Crippen LogP contribution in [0.25, 0.3) is 0 Å². The number of allylic oxidation sites excluding steroid dienone is 1. The van der Waals surface area contributed by atoms with E-state index in [0.29, 0.717) is 11.3 Å². The van der Waals surface area contributed by atoms with Gasteiger partial charge >= 0.3 is 0 Å². The van der Waals surface area contributed by atoms with Crippen molar-refractivity contribution >= 4 is 5.78 Å².